The molecule has 2 aliphatic heterocycles. The molecule has 0 aromatic rings. The second-order valence-corrected chi connectivity index (χ2v) is 7.46. The second-order valence-electron chi connectivity index (χ2n) is 7.46. The number of hydrogen-bond donors (Lipinski definition) is 2. The normalized spacial score (nSPS) is 31.6. The molecule has 2 rings (SSSR count). The summed E-state index contributed by atoms with van der Waals surface area (Å²) in [6.07, 6.45) is 4.20. The Kier molecular flexibility index (Phi) is 5.46. The van der Waals surface area contributed by atoms with Gasteiger partial charge in [-0.25, -0.2) is 0 Å². The summed E-state index contributed by atoms with van der Waals surface area (Å²) >= 11 is 0. The van der Waals surface area contributed by atoms with Crippen LogP contribution in [0.25, 0.3) is 0 Å². The Bertz CT molecular complexity index is 289. The van der Waals surface area contributed by atoms with Crippen molar-refractivity contribution in [3.63, 3.8) is 0 Å². The molecule has 4 heteroatoms. The third kappa shape index (κ3) is 4.69. The summed E-state index contributed by atoms with van der Waals surface area (Å²) in [6.45, 7) is 12.3. The zero-order chi connectivity index (χ0) is 14.6. The zero-order valence-corrected chi connectivity index (χ0v) is 13.5. The third-order valence-electron chi connectivity index (χ3n) is 4.78. The van der Waals surface area contributed by atoms with E-state index in [-0.39, 0.29) is 5.41 Å². The van der Waals surface area contributed by atoms with Crippen LogP contribution in [0.4, 0.5) is 0 Å². The molecular formula is C16H32N2O2. The van der Waals surface area contributed by atoms with Gasteiger partial charge >= 0.3 is 0 Å². The van der Waals surface area contributed by atoms with Gasteiger partial charge in [-0.2, -0.15) is 0 Å². The first-order valence-electron chi connectivity index (χ1n) is 8.17. The molecule has 0 amide bonds. The van der Waals surface area contributed by atoms with Gasteiger partial charge in [-0.05, 0) is 32.6 Å². The van der Waals surface area contributed by atoms with E-state index in [1.165, 1.54) is 12.8 Å². The average Bonchev–Trinajstić information content (AvgIpc) is 2.40. The van der Waals surface area contributed by atoms with Crippen molar-refractivity contribution >= 4 is 0 Å². The van der Waals surface area contributed by atoms with Crippen molar-refractivity contribution in [1.29, 1.82) is 0 Å². The van der Waals surface area contributed by atoms with Crippen molar-refractivity contribution in [3.05, 3.63) is 0 Å². The number of likely N-dealkylation sites (tertiary alicyclic amines) is 1. The minimum atomic E-state index is -0.455. The highest BCUT2D eigenvalue weighted by Crippen LogP contribution is 2.31. The van der Waals surface area contributed by atoms with Crippen molar-refractivity contribution in [3.8, 4) is 0 Å². The summed E-state index contributed by atoms with van der Waals surface area (Å²) in [6, 6.07) is 0.524. The van der Waals surface area contributed by atoms with Gasteiger partial charge in [0.25, 0.3) is 0 Å². The number of nitrogens with one attached hydrogen (secondary N) is 1. The maximum Gasteiger partial charge on any atom is 0.0644 e. The summed E-state index contributed by atoms with van der Waals surface area (Å²) in [5.41, 5.74) is -0.200. The summed E-state index contributed by atoms with van der Waals surface area (Å²) in [7, 11) is 0. The quantitative estimate of drug-likeness (QED) is 0.805. The molecule has 2 N–H and O–H groups in total. The molecule has 1 atom stereocenters. The number of rotatable bonds is 5. The van der Waals surface area contributed by atoms with Gasteiger partial charge in [0.1, 0.15) is 0 Å². The number of hydrogen-bond acceptors (Lipinski definition) is 4. The van der Waals surface area contributed by atoms with Crippen LogP contribution in [-0.2, 0) is 4.74 Å². The molecule has 0 aliphatic carbocycles. The van der Waals surface area contributed by atoms with Gasteiger partial charge in [0.15, 0.2) is 0 Å². The minimum Gasteiger partial charge on any atom is -0.390 e. The van der Waals surface area contributed by atoms with Gasteiger partial charge in [-0.3, -0.25) is 0 Å². The average molecular weight is 284 g/mol. The van der Waals surface area contributed by atoms with Crippen LogP contribution in [0.5, 0.6) is 0 Å². The van der Waals surface area contributed by atoms with E-state index >= 15 is 0 Å². The Morgan fingerprint density at radius 2 is 1.95 bits per heavy atom. The molecular weight excluding hydrogens is 252 g/mol. The Hall–Kier alpha value is -0.160. The first kappa shape index (κ1) is 16.2. The van der Waals surface area contributed by atoms with Crippen LogP contribution in [0.3, 0.4) is 0 Å². The predicted octanol–water partition coefficient (Wildman–Crippen LogP) is 1.63. The molecule has 0 bridgehead atoms. The number of ether oxygens (including phenoxy) is 1. The smallest absolute Gasteiger partial charge is 0.0644 e. The lowest BCUT2D eigenvalue weighted by molar-refractivity contribution is -0.0514. The van der Waals surface area contributed by atoms with Crippen LogP contribution in [0.15, 0.2) is 0 Å². The molecule has 0 aromatic heterocycles. The molecule has 2 heterocycles. The summed E-state index contributed by atoms with van der Waals surface area (Å²) in [4.78, 5) is 2.52. The molecule has 0 radical (unpaired) electrons. The lowest BCUT2D eigenvalue weighted by atomic mass is 9.80. The highest BCUT2D eigenvalue weighted by Gasteiger charge is 2.37. The molecule has 0 aromatic carbocycles. The molecule has 2 fully saturated rings. The van der Waals surface area contributed by atoms with E-state index in [4.69, 9.17) is 4.74 Å². The van der Waals surface area contributed by atoms with E-state index in [1.54, 1.807) is 0 Å². The van der Waals surface area contributed by atoms with Gasteiger partial charge in [0.05, 0.1) is 12.2 Å². The van der Waals surface area contributed by atoms with Gasteiger partial charge in [-0.1, -0.05) is 13.8 Å². The summed E-state index contributed by atoms with van der Waals surface area (Å²) < 4.78 is 5.78. The molecule has 20 heavy (non-hydrogen) atoms. The summed E-state index contributed by atoms with van der Waals surface area (Å²) in [5, 5.41) is 13.7. The fourth-order valence-electron chi connectivity index (χ4n) is 3.32. The standard InChI is InChI=1S/C16H32N2O2/c1-14(2)17-11-16(5-4-10-20-13-16)12-18-8-6-15(3,19)7-9-18/h14,17,19H,4-13H2,1-3H3. The molecule has 4 nitrogen and oxygen atoms in total. The van der Waals surface area contributed by atoms with E-state index in [2.05, 4.69) is 24.1 Å². The largest absolute Gasteiger partial charge is 0.390 e. The SMILES string of the molecule is CC(C)NCC1(CN2CCC(C)(O)CC2)CCCOC1. The van der Waals surface area contributed by atoms with Crippen LogP contribution in [0.2, 0.25) is 0 Å². The van der Waals surface area contributed by atoms with Gasteiger partial charge in [0, 0.05) is 44.2 Å². The third-order valence-corrected chi connectivity index (χ3v) is 4.78. The first-order valence-corrected chi connectivity index (χ1v) is 8.17. The topological polar surface area (TPSA) is 44.7 Å². The Labute approximate surface area is 123 Å². The molecule has 2 aliphatic rings. The lowest BCUT2D eigenvalue weighted by Gasteiger charge is -2.44. The summed E-state index contributed by atoms with van der Waals surface area (Å²) in [5.74, 6) is 0. The van der Waals surface area contributed by atoms with Gasteiger partial charge < -0.3 is 20.1 Å². The molecule has 118 valence electrons. The molecule has 0 saturated carbocycles. The van der Waals surface area contributed by atoms with Crippen molar-refractivity contribution < 1.29 is 9.84 Å². The van der Waals surface area contributed by atoms with Crippen LogP contribution >= 0.6 is 0 Å². The van der Waals surface area contributed by atoms with E-state index in [9.17, 15) is 5.11 Å². The zero-order valence-electron chi connectivity index (χ0n) is 13.5. The minimum absolute atomic E-state index is 0.256. The fourth-order valence-corrected chi connectivity index (χ4v) is 3.32. The van der Waals surface area contributed by atoms with Crippen LogP contribution in [0, 0.1) is 5.41 Å². The number of nitrogens with zero attached hydrogens (tertiary/aromatic N) is 1. The van der Waals surface area contributed by atoms with E-state index < -0.39 is 5.60 Å². The van der Waals surface area contributed by atoms with Crippen LogP contribution < -0.4 is 5.32 Å². The molecule has 1 unspecified atom stereocenters. The second kappa shape index (κ2) is 6.73. The van der Waals surface area contributed by atoms with Crippen molar-refractivity contribution in [2.45, 2.75) is 58.1 Å². The predicted molar refractivity (Wildman–Crippen MR) is 81.9 cm³/mol. The van der Waals surface area contributed by atoms with E-state index in [1.807, 2.05) is 6.92 Å². The van der Waals surface area contributed by atoms with Crippen LogP contribution in [-0.4, -0.2) is 61.0 Å². The van der Waals surface area contributed by atoms with Crippen molar-refractivity contribution in [2.75, 3.05) is 39.4 Å². The highest BCUT2D eigenvalue weighted by atomic mass is 16.5. The molecule has 0 spiro atoms. The fraction of sp³-hybridized carbons (Fsp3) is 1.00. The van der Waals surface area contributed by atoms with E-state index in [0.717, 1.165) is 52.2 Å². The van der Waals surface area contributed by atoms with Crippen molar-refractivity contribution in [1.82, 2.24) is 10.2 Å². The highest BCUT2D eigenvalue weighted by molar-refractivity contribution is 4.90. The molecule has 2 saturated heterocycles. The maximum absolute atomic E-state index is 10.1. The van der Waals surface area contributed by atoms with Gasteiger partial charge in [0.2, 0.25) is 0 Å². The number of piperidine rings is 1. The van der Waals surface area contributed by atoms with E-state index in [0.29, 0.717) is 6.04 Å². The van der Waals surface area contributed by atoms with Crippen LogP contribution in [0.1, 0.15) is 46.5 Å². The maximum atomic E-state index is 10.1. The Balaban J connectivity index is 1.90. The first-order chi connectivity index (χ1) is 9.41. The van der Waals surface area contributed by atoms with Crippen molar-refractivity contribution in [2.24, 2.45) is 5.41 Å². The Morgan fingerprint density at radius 1 is 1.25 bits per heavy atom. The monoisotopic (exact) mass is 284 g/mol. The number of aliphatic hydroxyl groups is 1. The lowest BCUT2D eigenvalue weighted by Crippen LogP contribution is -2.53. The van der Waals surface area contributed by atoms with Gasteiger partial charge in [-0.15, -0.1) is 0 Å². The Morgan fingerprint density at radius 3 is 2.50 bits per heavy atom.